The Morgan fingerprint density at radius 3 is 2.26 bits per heavy atom. The molecule has 162 valence electrons. The molecule has 0 unspecified atom stereocenters. The van der Waals surface area contributed by atoms with Crippen molar-refractivity contribution >= 4 is 17.2 Å². The normalized spacial score (nSPS) is 17.3. The smallest absolute Gasteiger partial charge is 0.280 e. The third-order valence-electron chi connectivity index (χ3n) is 4.85. The molecular weight excluding hydrogens is 426 g/mol. The number of hydrogen-bond donors (Lipinski definition) is 1. The van der Waals surface area contributed by atoms with Gasteiger partial charge in [-0.05, 0) is 48.9 Å². The first-order valence-electron chi connectivity index (χ1n) is 8.96. The number of allylic oxidation sites excluding steroid dienone is 1. The predicted molar refractivity (Wildman–Crippen MR) is 98.8 cm³/mol. The number of aryl methyl sites for hydroxylation is 1. The van der Waals surface area contributed by atoms with Crippen LogP contribution in [-0.2, 0) is 11.0 Å². The summed E-state index contributed by atoms with van der Waals surface area (Å²) in [5, 5.41) is 0.675. The fourth-order valence-electron chi connectivity index (χ4n) is 3.41. The van der Waals surface area contributed by atoms with Crippen molar-refractivity contribution in [2.24, 2.45) is 0 Å². The summed E-state index contributed by atoms with van der Waals surface area (Å²) < 4.78 is 79.7. The number of nitrogens with one attached hydrogen (secondary N) is 1. The maximum atomic E-state index is 13.7. The van der Waals surface area contributed by atoms with Gasteiger partial charge in [-0.15, -0.1) is 0 Å². The first-order chi connectivity index (χ1) is 14.5. The van der Waals surface area contributed by atoms with Crippen molar-refractivity contribution in [2.75, 3.05) is 11.4 Å². The maximum absolute atomic E-state index is 13.7. The Labute approximate surface area is 172 Å². The molecule has 1 amide bonds. The molecule has 5 nitrogen and oxygen atoms in total. The molecule has 1 aromatic carbocycles. The van der Waals surface area contributed by atoms with Crippen molar-refractivity contribution in [3.63, 3.8) is 0 Å². The summed E-state index contributed by atoms with van der Waals surface area (Å²) >= 11 is 0. The molecule has 0 radical (unpaired) electrons. The minimum atomic E-state index is -4.83. The van der Waals surface area contributed by atoms with E-state index in [1.165, 1.54) is 6.20 Å². The highest BCUT2D eigenvalue weighted by Gasteiger charge is 2.48. The van der Waals surface area contributed by atoms with Crippen LogP contribution in [-0.4, -0.2) is 28.6 Å². The third kappa shape index (κ3) is 3.76. The van der Waals surface area contributed by atoms with Crippen LogP contribution in [0.15, 0.2) is 60.2 Å². The Bertz CT molecular complexity index is 1100. The zero-order chi connectivity index (χ0) is 22.6. The fourth-order valence-corrected chi connectivity index (χ4v) is 3.41. The van der Waals surface area contributed by atoms with Crippen LogP contribution < -0.4 is 10.3 Å². The summed E-state index contributed by atoms with van der Waals surface area (Å²) in [6, 6.07) is 6.55. The molecule has 0 spiro atoms. The number of carbonyl (C=O) groups is 1. The van der Waals surface area contributed by atoms with Crippen molar-refractivity contribution in [3.05, 3.63) is 77.0 Å². The number of amides is 1. The standard InChI is InChI=1S/C20H14F6N4O/c1-11-8-12(6-7-27-11)15-9-28-30-16(20(24,25)26)10-29(18(31)17(15)30)14-4-2-13(3-5-14)19(21,22)23/h2-8,10,28H,9H2,1H3. The molecular formula is C20H14F6N4O. The largest absolute Gasteiger partial charge is 0.434 e. The van der Waals surface area contributed by atoms with Crippen LogP contribution in [0.3, 0.4) is 0 Å². The SMILES string of the molecule is Cc1cc(C2=C3C(=O)N(c4ccc(C(F)(F)F)cc4)C=C(C(F)(F)F)N3NC2)ccn1. The second-order valence-corrected chi connectivity index (χ2v) is 6.92. The van der Waals surface area contributed by atoms with Gasteiger partial charge in [-0.25, -0.2) is 5.43 Å². The Kier molecular flexibility index (Phi) is 4.80. The number of rotatable bonds is 2. The highest BCUT2D eigenvalue weighted by Crippen LogP contribution is 2.40. The predicted octanol–water partition coefficient (Wildman–Crippen LogP) is 4.39. The van der Waals surface area contributed by atoms with Crippen molar-refractivity contribution in [1.29, 1.82) is 0 Å². The molecule has 0 saturated heterocycles. The van der Waals surface area contributed by atoms with Crippen LogP contribution in [0.4, 0.5) is 32.0 Å². The van der Waals surface area contributed by atoms with Gasteiger partial charge in [-0.1, -0.05) is 0 Å². The van der Waals surface area contributed by atoms with Crippen LogP contribution >= 0.6 is 0 Å². The Morgan fingerprint density at radius 2 is 1.68 bits per heavy atom. The van der Waals surface area contributed by atoms with E-state index in [1.54, 1.807) is 19.1 Å². The van der Waals surface area contributed by atoms with Gasteiger partial charge in [-0.3, -0.25) is 19.7 Å². The number of halogens is 6. The number of nitrogens with zero attached hydrogens (tertiary/aromatic N) is 3. The summed E-state index contributed by atoms with van der Waals surface area (Å²) in [5.41, 5.74) is 1.51. The van der Waals surface area contributed by atoms with E-state index in [2.05, 4.69) is 10.4 Å². The molecule has 2 aromatic rings. The summed E-state index contributed by atoms with van der Waals surface area (Å²) in [7, 11) is 0. The van der Waals surface area contributed by atoms with E-state index < -0.39 is 29.5 Å². The van der Waals surface area contributed by atoms with Gasteiger partial charge >= 0.3 is 12.4 Å². The number of pyridine rings is 1. The molecule has 0 atom stereocenters. The van der Waals surface area contributed by atoms with Crippen LogP contribution in [0.25, 0.3) is 5.57 Å². The first kappa shape index (κ1) is 20.9. The maximum Gasteiger partial charge on any atom is 0.434 e. The second kappa shape index (κ2) is 7.12. The minimum Gasteiger partial charge on any atom is -0.280 e. The van der Waals surface area contributed by atoms with Crippen molar-refractivity contribution in [2.45, 2.75) is 19.3 Å². The van der Waals surface area contributed by atoms with Crippen molar-refractivity contribution in [3.8, 4) is 0 Å². The lowest BCUT2D eigenvalue weighted by molar-refractivity contribution is -0.137. The molecule has 2 aliphatic heterocycles. The van der Waals surface area contributed by atoms with Gasteiger partial charge in [-0.2, -0.15) is 26.3 Å². The molecule has 2 aliphatic rings. The number of fused-ring (bicyclic) bond motifs is 1. The summed E-state index contributed by atoms with van der Waals surface area (Å²) in [5.74, 6) is -0.803. The molecule has 31 heavy (non-hydrogen) atoms. The molecule has 4 rings (SSSR count). The van der Waals surface area contributed by atoms with E-state index in [9.17, 15) is 31.1 Å². The van der Waals surface area contributed by atoms with E-state index in [0.717, 1.165) is 12.1 Å². The summed E-state index contributed by atoms with van der Waals surface area (Å²) in [6.07, 6.45) is -7.39. The van der Waals surface area contributed by atoms with Gasteiger partial charge in [0.25, 0.3) is 5.91 Å². The number of alkyl halides is 6. The van der Waals surface area contributed by atoms with E-state index in [0.29, 0.717) is 45.1 Å². The Morgan fingerprint density at radius 1 is 1.00 bits per heavy atom. The van der Waals surface area contributed by atoms with E-state index in [-0.39, 0.29) is 17.9 Å². The lowest BCUT2D eigenvalue weighted by atomic mass is 10.0. The van der Waals surface area contributed by atoms with Gasteiger partial charge in [0.15, 0.2) is 5.70 Å². The van der Waals surface area contributed by atoms with Crippen molar-refractivity contribution < 1.29 is 31.1 Å². The molecule has 1 aromatic heterocycles. The highest BCUT2D eigenvalue weighted by molar-refractivity contribution is 6.13. The monoisotopic (exact) mass is 440 g/mol. The molecule has 0 saturated carbocycles. The number of anilines is 1. The molecule has 0 bridgehead atoms. The van der Waals surface area contributed by atoms with Crippen LogP contribution in [0.2, 0.25) is 0 Å². The zero-order valence-electron chi connectivity index (χ0n) is 15.8. The van der Waals surface area contributed by atoms with Gasteiger partial charge in [0.2, 0.25) is 0 Å². The average Bonchev–Trinajstić information content (AvgIpc) is 3.12. The van der Waals surface area contributed by atoms with Gasteiger partial charge < -0.3 is 0 Å². The summed E-state index contributed by atoms with van der Waals surface area (Å²) in [4.78, 5) is 17.9. The van der Waals surface area contributed by atoms with Gasteiger partial charge in [0, 0.05) is 35.9 Å². The molecule has 3 heterocycles. The lowest BCUT2D eigenvalue weighted by Gasteiger charge is -2.34. The molecule has 0 aliphatic carbocycles. The number of hydrogen-bond acceptors (Lipinski definition) is 4. The van der Waals surface area contributed by atoms with E-state index >= 15 is 0 Å². The minimum absolute atomic E-state index is 0.0429. The van der Waals surface area contributed by atoms with Crippen LogP contribution in [0.1, 0.15) is 16.8 Å². The van der Waals surface area contributed by atoms with Gasteiger partial charge in [0.05, 0.1) is 5.56 Å². The zero-order valence-corrected chi connectivity index (χ0v) is 15.8. The van der Waals surface area contributed by atoms with Crippen LogP contribution in [0.5, 0.6) is 0 Å². The first-order valence-corrected chi connectivity index (χ1v) is 8.96. The van der Waals surface area contributed by atoms with E-state index in [4.69, 9.17) is 0 Å². The number of aromatic nitrogens is 1. The summed E-state index contributed by atoms with van der Waals surface area (Å²) in [6.45, 7) is 1.66. The fraction of sp³-hybridized carbons (Fsp3) is 0.200. The number of benzene rings is 1. The molecule has 0 fully saturated rings. The lowest BCUT2D eigenvalue weighted by Crippen LogP contribution is -2.47. The highest BCUT2D eigenvalue weighted by atomic mass is 19.4. The Balaban J connectivity index is 1.85. The van der Waals surface area contributed by atoms with Crippen molar-refractivity contribution in [1.82, 2.24) is 15.4 Å². The average molecular weight is 440 g/mol. The molecule has 1 N–H and O–H groups in total. The number of carbonyl (C=O) groups excluding carboxylic acids is 1. The van der Waals surface area contributed by atoms with Crippen LogP contribution in [0, 0.1) is 6.92 Å². The quantitative estimate of drug-likeness (QED) is 0.704. The topological polar surface area (TPSA) is 48.5 Å². The number of hydrazine groups is 1. The second-order valence-electron chi connectivity index (χ2n) is 6.92. The van der Waals surface area contributed by atoms with Gasteiger partial charge in [0.1, 0.15) is 5.70 Å². The molecule has 11 heteroatoms. The third-order valence-corrected chi connectivity index (χ3v) is 4.85. The Hall–Kier alpha value is -3.34. The van der Waals surface area contributed by atoms with E-state index in [1.807, 2.05) is 0 Å².